The molecule has 0 saturated heterocycles. The van der Waals surface area contributed by atoms with Gasteiger partial charge in [-0.25, -0.2) is 9.55 Å². The van der Waals surface area contributed by atoms with Gasteiger partial charge in [-0.3, -0.25) is 9.69 Å². The summed E-state index contributed by atoms with van der Waals surface area (Å²) in [5.74, 6) is -1.07. The van der Waals surface area contributed by atoms with Gasteiger partial charge in [0, 0.05) is 30.2 Å². The molecule has 0 spiro atoms. The fourth-order valence-electron chi connectivity index (χ4n) is 4.46. The first-order valence-electron chi connectivity index (χ1n) is 11.4. The highest BCUT2D eigenvalue weighted by molar-refractivity contribution is 6.12. The molecule has 1 aromatic carbocycles. The minimum Gasteiger partial charge on any atom is -0.406 e. The predicted molar refractivity (Wildman–Crippen MR) is 121 cm³/mol. The topological polar surface area (TPSA) is 49.6 Å². The van der Waals surface area contributed by atoms with Crippen LogP contribution in [0.15, 0.2) is 48.9 Å². The number of halogens is 6. The molecule has 1 aliphatic heterocycles. The molecule has 194 valence electrons. The van der Waals surface area contributed by atoms with Gasteiger partial charge >= 0.3 is 12.5 Å². The summed E-state index contributed by atoms with van der Waals surface area (Å²) in [6.45, 7) is 3.26. The number of pyridine rings is 2. The van der Waals surface area contributed by atoms with E-state index in [0.29, 0.717) is 29.0 Å². The summed E-state index contributed by atoms with van der Waals surface area (Å²) in [6, 6.07) is 6.49. The molecule has 0 unspecified atom stereocenters. The van der Waals surface area contributed by atoms with Gasteiger partial charge in [0.25, 0.3) is 5.91 Å². The largest absolute Gasteiger partial charge is 0.573 e. The van der Waals surface area contributed by atoms with Crippen LogP contribution in [-0.4, -0.2) is 23.9 Å². The van der Waals surface area contributed by atoms with Crippen LogP contribution in [0.2, 0.25) is 0 Å². The Bertz CT molecular complexity index is 1380. The van der Waals surface area contributed by atoms with Crippen molar-refractivity contribution in [1.29, 1.82) is 0 Å². The lowest BCUT2D eigenvalue weighted by Crippen LogP contribution is -2.46. The van der Waals surface area contributed by atoms with Crippen LogP contribution >= 0.6 is 0 Å². The van der Waals surface area contributed by atoms with Crippen molar-refractivity contribution in [2.75, 3.05) is 16.5 Å². The van der Waals surface area contributed by atoms with Gasteiger partial charge in [0.1, 0.15) is 18.1 Å². The van der Waals surface area contributed by atoms with E-state index >= 15 is 0 Å². The Morgan fingerprint density at radius 2 is 1.65 bits per heavy atom. The highest BCUT2D eigenvalue weighted by Crippen LogP contribution is 2.41. The highest BCUT2D eigenvalue weighted by atomic mass is 19.4. The number of amides is 1. The number of fused-ring (bicyclic) bond motifs is 1. The number of carbonyl (C=O) groups excluding carboxylic acids is 1. The fraction of sp³-hybridized carbons (Fsp3) is 0.320. The third-order valence-electron chi connectivity index (χ3n) is 6.33. The second-order valence-electron chi connectivity index (χ2n) is 9.07. The molecule has 0 N–H and O–H groups in total. The van der Waals surface area contributed by atoms with Crippen molar-refractivity contribution in [3.8, 4) is 5.75 Å². The van der Waals surface area contributed by atoms with Crippen molar-refractivity contribution in [3.05, 3.63) is 71.3 Å². The Hall–Kier alpha value is -3.83. The van der Waals surface area contributed by atoms with Crippen LogP contribution in [0.1, 0.15) is 46.1 Å². The summed E-state index contributed by atoms with van der Waals surface area (Å²) < 4.78 is 84.4. The maximum atomic E-state index is 13.5. The molecular formula is C25H21F6N4O2+. The maximum absolute atomic E-state index is 13.5. The van der Waals surface area contributed by atoms with Gasteiger partial charge in [-0.2, -0.15) is 13.2 Å². The van der Waals surface area contributed by atoms with Crippen LogP contribution in [0.25, 0.3) is 0 Å². The van der Waals surface area contributed by atoms with Crippen LogP contribution in [0.3, 0.4) is 0 Å². The molecule has 3 aromatic rings. The molecule has 5 rings (SSSR count). The number of anilines is 3. The number of rotatable bonds is 4. The van der Waals surface area contributed by atoms with Crippen molar-refractivity contribution in [2.45, 2.75) is 45.3 Å². The summed E-state index contributed by atoms with van der Waals surface area (Å²) in [7, 11) is 0. The molecule has 37 heavy (non-hydrogen) atoms. The number of nitrogens with zero attached hydrogens (tertiary/aromatic N) is 4. The number of ether oxygens (including phenoxy) is 1. The van der Waals surface area contributed by atoms with Crippen molar-refractivity contribution in [1.82, 2.24) is 4.98 Å². The monoisotopic (exact) mass is 523 g/mol. The number of benzene rings is 1. The minimum absolute atomic E-state index is 0.0898. The normalized spacial score (nSPS) is 16.2. The molecule has 1 amide bonds. The first-order chi connectivity index (χ1) is 17.3. The van der Waals surface area contributed by atoms with Gasteiger partial charge in [0.2, 0.25) is 0 Å². The molecule has 2 aliphatic rings. The second-order valence-corrected chi connectivity index (χ2v) is 9.07. The lowest BCUT2D eigenvalue weighted by Gasteiger charge is -2.39. The molecule has 1 fully saturated rings. The van der Waals surface area contributed by atoms with Crippen LogP contribution in [0.5, 0.6) is 5.75 Å². The van der Waals surface area contributed by atoms with E-state index in [1.165, 1.54) is 17.0 Å². The summed E-state index contributed by atoms with van der Waals surface area (Å²) in [4.78, 5) is 19.9. The molecular weight excluding hydrogens is 502 g/mol. The van der Waals surface area contributed by atoms with E-state index in [-0.39, 0.29) is 17.9 Å². The quantitative estimate of drug-likeness (QED) is 0.311. The summed E-state index contributed by atoms with van der Waals surface area (Å²) in [6.07, 6.45) is -2.87. The van der Waals surface area contributed by atoms with Crippen LogP contribution < -0.4 is 19.1 Å². The third-order valence-corrected chi connectivity index (χ3v) is 6.33. The van der Waals surface area contributed by atoms with Crippen molar-refractivity contribution in [2.24, 2.45) is 0 Å². The van der Waals surface area contributed by atoms with E-state index < -0.39 is 29.9 Å². The zero-order valence-electron chi connectivity index (χ0n) is 19.7. The Morgan fingerprint density at radius 3 is 2.24 bits per heavy atom. The van der Waals surface area contributed by atoms with Gasteiger partial charge in [-0.05, 0) is 43.7 Å². The number of aryl methyl sites for hydroxylation is 2. The predicted octanol–water partition coefficient (Wildman–Crippen LogP) is 5.99. The summed E-state index contributed by atoms with van der Waals surface area (Å²) in [5, 5.41) is 0. The molecule has 0 atom stereocenters. The van der Waals surface area contributed by atoms with Crippen LogP contribution in [0.4, 0.5) is 43.4 Å². The van der Waals surface area contributed by atoms with E-state index in [0.717, 1.165) is 30.7 Å². The third kappa shape index (κ3) is 4.92. The average molecular weight is 523 g/mol. The van der Waals surface area contributed by atoms with E-state index in [1.54, 1.807) is 17.9 Å². The second kappa shape index (κ2) is 8.63. The molecule has 0 bridgehead atoms. The van der Waals surface area contributed by atoms with E-state index in [4.69, 9.17) is 0 Å². The number of carbonyl (C=O) groups is 1. The number of hydrogen-bond donors (Lipinski definition) is 0. The zero-order chi connectivity index (χ0) is 26.7. The van der Waals surface area contributed by atoms with Gasteiger partial charge in [-0.15, -0.1) is 13.2 Å². The first-order valence-corrected chi connectivity index (χ1v) is 11.4. The number of hydrogen-bond acceptors (Lipinski definition) is 4. The molecule has 1 saturated carbocycles. The Labute approximate surface area is 207 Å². The standard InChI is InChI=1S/C25H21F6N4O2/c1-14-9-17(37-25(29,30)31)5-6-19(14)34-13-35(20-7-8-33(12-15(20)2)16-3-4-16)23(36)18-10-22(24(26,27)28)32-11-21(18)34/h5-12,16H,3-4,13H2,1-2H3/q+1. The summed E-state index contributed by atoms with van der Waals surface area (Å²) >= 11 is 0. The molecule has 3 heterocycles. The molecule has 12 heteroatoms. The number of aromatic nitrogens is 2. The van der Waals surface area contributed by atoms with Crippen LogP contribution in [-0.2, 0) is 6.18 Å². The number of alkyl halides is 6. The Kier molecular flexibility index (Phi) is 5.80. The summed E-state index contributed by atoms with van der Waals surface area (Å²) in [5.41, 5.74) is 0.683. The Morgan fingerprint density at radius 1 is 0.946 bits per heavy atom. The van der Waals surface area contributed by atoms with E-state index in [1.807, 2.05) is 23.9 Å². The Balaban J connectivity index is 1.60. The average Bonchev–Trinajstić information content (AvgIpc) is 3.64. The van der Waals surface area contributed by atoms with E-state index in [2.05, 4.69) is 9.72 Å². The SMILES string of the molecule is Cc1c[n+](C2CC2)ccc1N1CN(c2ccc(OC(F)(F)F)cc2C)c2cnc(C(F)(F)F)cc2C1=O. The van der Waals surface area contributed by atoms with Crippen LogP contribution in [0, 0.1) is 13.8 Å². The van der Waals surface area contributed by atoms with Crippen molar-refractivity contribution in [3.63, 3.8) is 0 Å². The van der Waals surface area contributed by atoms with Gasteiger partial charge in [0.15, 0.2) is 18.4 Å². The van der Waals surface area contributed by atoms with Gasteiger partial charge in [-0.1, -0.05) is 0 Å². The molecule has 2 aromatic heterocycles. The van der Waals surface area contributed by atoms with E-state index in [9.17, 15) is 31.1 Å². The fourth-order valence-corrected chi connectivity index (χ4v) is 4.46. The minimum atomic E-state index is -4.88. The smallest absolute Gasteiger partial charge is 0.406 e. The van der Waals surface area contributed by atoms with Crippen molar-refractivity contribution < 1.29 is 40.4 Å². The highest BCUT2D eigenvalue weighted by Gasteiger charge is 2.39. The lowest BCUT2D eigenvalue weighted by molar-refractivity contribution is -0.700. The molecule has 1 aliphatic carbocycles. The van der Waals surface area contributed by atoms with Crippen molar-refractivity contribution >= 4 is 23.0 Å². The van der Waals surface area contributed by atoms with Gasteiger partial charge in [0.05, 0.1) is 23.1 Å². The molecule has 0 radical (unpaired) electrons. The molecule has 6 nitrogen and oxygen atoms in total. The lowest BCUT2D eigenvalue weighted by atomic mass is 10.0. The first kappa shape index (κ1) is 24.8. The zero-order valence-corrected chi connectivity index (χ0v) is 19.7. The van der Waals surface area contributed by atoms with Gasteiger partial charge < -0.3 is 9.64 Å². The maximum Gasteiger partial charge on any atom is 0.573 e.